The lowest BCUT2D eigenvalue weighted by molar-refractivity contribution is -0.306. The largest absolute Gasteiger partial charge is 0.550 e. The second-order valence-electron chi connectivity index (χ2n) is 7.43. The molecule has 2 aromatic carbocycles. The summed E-state index contributed by atoms with van der Waals surface area (Å²) in [4.78, 5) is 23.7. The van der Waals surface area contributed by atoms with Crippen LogP contribution in [0.1, 0.15) is 66.1 Å². The fraction of sp³-hybridized carbons (Fsp3) is 0.333. The van der Waals surface area contributed by atoms with Gasteiger partial charge >= 0.3 is 0 Å². The SMILES string of the molecule is O=C([O-])C[C@@H](NC(=O)c1ccc(C#CC2(O)CCCCC2)cc1)c1ccccc1. The fourth-order valence-electron chi connectivity index (χ4n) is 3.50. The average Bonchev–Trinajstić information content (AvgIpc) is 2.73. The van der Waals surface area contributed by atoms with E-state index in [1.807, 2.05) is 6.07 Å². The molecule has 0 aliphatic heterocycles. The smallest absolute Gasteiger partial charge is 0.251 e. The Morgan fingerprint density at radius 2 is 1.69 bits per heavy atom. The van der Waals surface area contributed by atoms with Crippen LogP contribution in [-0.4, -0.2) is 22.6 Å². The van der Waals surface area contributed by atoms with E-state index in [2.05, 4.69) is 17.2 Å². The normalized spacial score (nSPS) is 16.2. The predicted octanol–water partition coefficient (Wildman–Crippen LogP) is 2.34. The molecule has 5 heteroatoms. The van der Waals surface area contributed by atoms with Crippen molar-refractivity contribution in [3.63, 3.8) is 0 Å². The number of rotatable bonds is 5. The van der Waals surface area contributed by atoms with Crippen molar-refractivity contribution < 1.29 is 19.8 Å². The summed E-state index contributed by atoms with van der Waals surface area (Å²) < 4.78 is 0. The molecular formula is C24H24NO4-. The summed E-state index contributed by atoms with van der Waals surface area (Å²) in [5.74, 6) is 4.37. The average molecular weight is 390 g/mol. The maximum Gasteiger partial charge on any atom is 0.251 e. The van der Waals surface area contributed by atoms with Gasteiger partial charge in [0.15, 0.2) is 0 Å². The van der Waals surface area contributed by atoms with Crippen molar-refractivity contribution in [1.29, 1.82) is 0 Å². The van der Waals surface area contributed by atoms with Gasteiger partial charge in [0, 0.05) is 23.5 Å². The van der Waals surface area contributed by atoms with E-state index in [4.69, 9.17) is 0 Å². The number of benzene rings is 2. The highest BCUT2D eigenvalue weighted by Gasteiger charge is 2.26. The summed E-state index contributed by atoms with van der Waals surface area (Å²) in [6.07, 6.45) is 4.19. The molecule has 1 saturated carbocycles. The lowest BCUT2D eigenvalue weighted by Gasteiger charge is -2.26. The van der Waals surface area contributed by atoms with Crippen LogP contribution in [0, 0.1) is 11.8 Å². The van der Waals surface area contributed by atoms with E-state index >= 15 is 0 Å². The van der Waals surface area contributed by atoms with E-state index in [9.17, 15) is 19.8 Å². The van der Waals surface area contributed by atoms with Crippen LogP contribution in [-0.2, 0) is 4.79 Å². The monoisotopic (exact) mass is 390 g/mol. The second kappa shape index (κ2) is 9.40. The molecule has 0 unspecified atom stereocenters. The maximum atomic E-state index is 12.6. The number of nitrogens with one attached hydrogen (secondary N) is 1. The summed E-state index contributed by atoms with van der Waals surface area (Å²) in [7, 11) is 0. The third-order valence-electron chi connectivity index (χ3n) is 5.15. The quantitative estimate of drug-likeness (QED) is 0.767. The van der Waals surface area contributed by atoms with Gasteiger partial charge < -0.3 is 20.3 Å². The molecule has 1 fully saturated rings. The summed E-state index contributed by atoms with van der Waals surface area (Å²) >= 11 is 0. The molecule has 29 heavy (non-hydrogen) atoms. The molecule has 0 spiro atoms. The van der Waals surface area contributed by atoms with Gasteiger partial charge in [-0.2, -0.15) is 0 Å². The third kappa shape index (κ3) is 5.94. The minimum Gasteiger partial charge on any atom is -0.550 e. The molecule has 1 amide bonds. The molecule has 0 radical (unpaired) electrons. The van der Waals surface area contributed by atoms with E-state index in [0.717, 1.165) is 24.8 Å². The zero-order chi connectivity index (χ0) is 20.7. The Hall–Kier alpha value is -3.10. The van der Waals surface area contributed by atoms with Crippen LogP contribution in [0.4, 0.5) is 0 Å². The van der Waals surface area contributed by atoms with Gasteiger partial charge in [-0.25, -0.2) is 0 Å². The topological polar surface area (TPSA) is 89.5 Å². The van der Waals surface area contributed by atoms with Crippen molar-refractivity contribution >= 4 is 11.9 Å². The van der Waals surface area contributed by atoms with Crippen LogP contribution in [0.3, 0.4) is 0 Å². The van der Waals surface area contributed by atoms with Crippen LogP contribution < -0.4 is 10.4 Å². The van der Waals surface area contributed by atoms with E-state index < -0.39 is 17.6 Å². The van der Waals surface area contributed by atoms with Crippen molar-refractivity contribution in [1.82, 2.24) is 5.32 Å². The Balaban J connectivity index is 1.68. The van der Waals surface area contributed by atoms with Gasteiger partial charge in [-0.1, -0.05) is 48.6 Å². The molecule has 0 aromatic heterocycles. The van der Waals surface area contributed by atoms with Crippen LogP contribution >= 0.6 is 0 Å². The Morgan fingerprint density at radius 1 is 1.03 bits per heavy atom. The molecule has 150 valence electrons. The van der Waals surface area contributed by atoms with Crippen LogP contribution in [0.15, 0.2) is 54.6 Å². The number of hydrogen-bond acceptors (Lipinski definition) is 4. The highest BCUT2D eigenvalue weighted by atomic mass is 16.4. The molecule has 3 rings (SSSR count). The first-order chi connectivity index (χ1) is 14.0. The van der Waals surface area contributed by atoms with Gasteiger partial charge in [0.2, 0.25) is 0 Å². The van der Waals surface area contributed by atoms with Crippen molar-refractivity contribution in [3.8, 4) is 11.8 Å². The van der Waals surface area contributed by atoms with Gasteiger partial charge in [-0.3, -0.25) is 4.79 Å². The van der Waals surface area contributed by atoms with Gasteiger partial charge in [0.25, 0.3) is 5.91 Å². The molecular weight excluding hydrogens is 366 g/mol. The minimum absolute atomic E-state index is 0.308. The van der Waals surface area contributed by atoms with Gasteiger partial charge in [-0.05, 0) is 55.5 Å². The number of carbonyl (C=O) groups excluding carboxylic acids is 2. The minimum atomic E-state index is -1.23. The molecule has 2 aromatic rings. The van der Waals surface area contributed by atoms with Gasteiger partial charge in [0.1, 0.15) is 5.60 Å². The second-order valence-corrected chi connectivity index (χ2v) is 7.43. The number of hydrogen-bond donors (Lipinski definition) is 2. The standard InChI is InChI=1S/C24H25NO4/c26-22(27)17-21(19-7-3-1-4-8-19)25-23(28)20-11-9-18(10-12-20)13-16-24(29)14-5-2-6-15-24/h1,3-4,7-12,21,29H,2,5-6,14-15,17H2,(H,25,28)(H,26,27)/p-1/t21-/m1/s1. The number of aliphatic hydroxyl groups is 1. The van der Waals surface area contributed by atoms with E-state index in [0.29, 0.717) is 24.0 Å². The highest BCUT2D eigenvalue weighted by molar-refractivity contribution is 5.94. The zero-order valence-corrected chi connectivity index (χ0v) is 16.2. The first-order valence-corrected chi connectivity index (χ1v) is 9.86. The number of carboxylic acids is 1. The summed E-state index contributed by atoms with van der Waals surface area (Å²) in [6, 6.07) is 15.0. The van der Waals surface area contributed by atoms with E-state index in [1.165, 1.54) is 0 Å². The molecule has 0 saturated heterocycles. The first-order valence-electron chi connectivity index (χ1n) is 9.86. The first kappa shape index (κ1) is 20.6. The summed E-state index contributed by atoms with van der Waals surface area (Å²) in [6.45, 7) is 0. The molecule has 2 N–H and O–H groups in total. The zero-order valence-electron chi connectivity index (χ0n) is 16.2. The number of carbonyl (C=O) groups is 2. The van der Waals surface area contributed by atoms with Crippen LogP contribution in [0.2, 0.25) is 0 Å². The number of amides is 1. The van der Waals surface area contributed by atoms with Crippen molar-refractivity contribution in [2.45, 2.75) is 50.2 Å². The molecule has 1 aliphatic rings. The summed E-state index contributed by atoms with van der Waals surface area (Å²) in [5.41, 5.74) is 0.914. The molecule has 0 bridgehead atoms. The van der Waals surface area contributed by atoms with Gasteiger partial charge in [-0.15, -0.1) is 0 Å². The number of carboxylic acid groups (broad SMARTS) is 1. The molecule has 0 heterocycles. The number of aliphatic carboxylic acids is 1. The molecule has 1 aliphatic carbocycles. The lowest BCUT2D eigenvalue weighted by Crippen LogP contribution is -2.34. The van der Waals surface area contributed by atoms with E-state index in [1.54, 1.807) is 48.5 Å². The van der Waals surface area contributed by atoms with Crippen molar-refractivity contribution in [2.24, 2.45) is 0 Å². The maximum absolute atomic E-state index is 12.6. The third-order valence-corrected chi connectivity index (χ3v) is 5.15. The Morgan fingerprint density at radius 3 is 2.31 bits per heavy atom. The Kier molecular flexibility index (Phi) is 6.69. The fourth-order valence-corrected chi connectivity index (χ4v) is 3.50. The molecule has 1 atom stereocenters. The molecule has 5 nitrogen and oxygen atoms in total. The lowest BCUT2D eigenvalue weighted by atomic mass is 9.85. The van der Waals surface area contributed by atoms with Gasteiger partial charge in [0.05, 0.1) is 6.04 Å². The van der Waals surface area contributed by atoms with Crippen LogP contribution in [0.5, 0.6) is 0 Å². The highest BCUT2D eigenvalue weighted by Crippen LogP contribution is 2.27. The van der Waals surface area contributed by atoms with Crippen molar-refractivity contribution in [2.75, 3.05) is 0 Å². The Bertz CT molecular complexity index is 903. The van der Waals surface area contributed by atoms with Crippen molar-refractivity contribution in [3.05, 3.63) is 71.3 Å². The predicted molar refractivity (Wildman–Crippen MR) is 108 cm³/mol. The van der Waals surface area contributed by atoms with Crippen LogP contribution in [0.25, 0.3) is 0 Å². The van der Waals surface area contributed by atoms with E-state index in [-0.39, 0.29) is 12.3 Å². The Labute approximate surface area is 170 Å². The summed E-state index contributed by atoms with van der Waals surface area (Å²) in [5, 5.41) is 24.3.